The van der Waals surface area contributed by atoms with Gasteiger partial charge in [0, 0.05) is 25.0 Å². The van der Waals surface area contributed by atoms with Crippen LogP contribution >= 0.6 is 0 Å². The monoisotopic (exact) mass is 295 g/mol. The second-order valence-corrected chi connectivity index (χ2v) is 4.94. The Bertz CT molecular complexity index is 611. The van der Waals surface area contributed by atoms with Gasteiger partial charge in [-0.2, -0.15) is 0 Å². The third-order valence-corrected chi connectivity index (χ3v) is 3.21. The number of pyridine rings is 1. The molecule has 2 rings (SSSR count). The lowest BCUT2D eigenvalue weighted by molar-refractivity contribution is 0.0953. The molecule has 0 spiro atoms. The van der Waals surface area contributed by atoms with Crippen LogP contribution in [0.3, 0.4) is 0 Å². The van der Waals surface area contributed by atoms with Crippen LogP contribution in [0.1, 0.15) is 22.5 Å². The van der Waals surface area contributed by atoms with Gasteiger partial charge in [-0.15, -0.1) is 6.58 Å². The van der Waals surface area contributed by atoms with Crippen LogP contribution in [0.4, 0.5) is 5.69 Å². The maximum atomic E-state index is 11.8. The molecule has 1 heterocycles. The van der Waals surface area contributed by atoms with E-state index in [1.807, 2.05) is 12.1 Å². The van der Waals surface area contributed by atoms with Crippen LogP contribution in [0, 0.1) is 0 Å². The van der Waals surface area contributed by atoms with Crippen molar-refractivity contribution in [3.05, 3.63) is 72.6 Å². The van der Waals surface area contributed by atoms with E-state index in [1.165, 1.54) is 5.56 Å². The molecule has 0 aliphatic heterocycles. The molecule has 1 aromatic heterocycles. The van der Waals surface area contributed by atoms with Crippen molar-refractivity contribution in [1.29, 1.82) is 0 Å². The molecule has 1 aromatic carbocycles. The van der Waals surface area contributed by atoms with Gasteiger partial charge < -0.3 is 10.6 Å². The zero-order valence-corrected chi connectivity index (χ0v) is 12.6. The zero-order valence-electron chi connectivity index (χ0n) is 12.6. The molecule has 0 saturated heterocycles. The fraction of sp³-hybridized carbons (Fsp3) is 0.222. The standard InChI is InChI=1S/C18H21N3O/c1-2-11-21-18(22)17-14-16(10-13-20-17)19-12-6-9-15-7-4-3-5-8-15/h2-5,7-8,10,13-14H,1,6,9,11-12H2,(H,19,20)(H,21,22). The van der Waals surface area contributed by atoms with E-state index in [-0.39, 0.29) is 5.91 Å². The number of hydrogen-bond acceptors (Lipinski definition) is 3. The Labute approximate surface area is 131 Å². The van der Waals surface area contributed by atoms with Gasteiger partial charge in [-0.05, 0) is 30.5 Å². The first-order chi connectivity index (χ1) is 10.8. The van der Waals surface area contributed by atoms with Crippen molar-refractivity contribution >= 4 is 11.6 Å². The van der Waals surface area contributed by atoms with Gasteiger partial charge in [-0.25, -0.2) is 0 Å². The summed E-state index contributed by atoms with van der Waals surface area (Å²) in [5.41, 5.74) is 2.66. The Morgan fingerprint density at radius 2 is 2.05 bits per heavy atom. The molecule has 0 unspecified atom stereocenters. The zero-order chi connectivity index (χ0) is 15.6. The maximum absolute atomic E-state index is 11.8. The highest BCUT2D eigenvalue weighted by molar-refractivity contribution is 5.93. The minimum atomic E-state index is -0.187. The predicted octanol–water partition coefficient (Wildman–Crippen LogP) is 3.04. The normalized spacial score (nSPS) is 10.0. The van der Waals surface area contributed by atoms with Gasteiger partial charge in [0.05, 0.1) is 0 Å². The molecule has 0 radical (unpaired) electrons. The van der Waals surface area contributed by atoms with E-state index in [4.69, 9.17) is 0 Å². The number of amides is 1. The summed E-state index contributed by atoms with van der Waals surface area (Å²) in [4.78, 5) is 15.9. The Morgan fingerprint density at radius 3 is 2.82 bits per heavy atom. The number of aromatic nitrogens is 1. The second kappa shape index (κ2) is 8.62. The molecule has 0 saturated carbocycles. The van der Waals surface area contributed by atoms with Gasteiger partial charge in [0.25, 0.3) is 5.91 Å². The SMILES string of the molecule is C=CCNC(=O)c1cc(NCCCc2ccccc2)ccn1. The minimum absolute atomic E-state index is 0.187. The lowest BCUT2D eigenvalue weighted by Gasteiger charge is -2.08. The molecule has 0 aliphatic carbocycles. The van der Waals surface area contributed by atoms with Gasteiger partial charge in [0.2, 0.25) is 0 Å². The van der Waals surface area contributed by atoms with Crippen LogP contribution in [0.2, 0.25) is 0 Å². The van der Waals surface area contributed by atoms with Crippen LogP contribution in [0.25, 0.3) is 0 Å². The second-order valence-electron chi connectivity index (χ2n) is 4.94. The maximum Gasteiger partial charge on any atom is 0.270 e. The Morgan fingerprint density at radius 1 is 1.23 bits per heavy atom. The van der Waals surface area contributed by atoms with Crippen LogP contribution in [-0.4, -0.2) is 24.0 Å². The highest BCUT2D eigenvalue weighted by atomic mass is 16.1. The molecule has 0 bridgehead atoms. The van der Waals surface area contributed by atoms with Crippen LogP contribution < -0.4 is 10.6 Å². The number of nitrogens with one attached hydrogen (secondary N) is 2. The first kappa shape index (κ1) is 15.8. The lowest BCUT2D eigenvalue weighted by atomic mass is 10.1. The number of benzene rings is 1. The summed E-state index contributed by atoms with van der Waals surface area (Å²) < 4.78 is 0. The van der Waals surface area contributed by atoms with Gasteiger partial charge in [0.1, 0.15) is 5.69 Å². The van der Waals surface area contributed by atoms with Crippen molar-refractivity contribution in [2.75, 3.05) is 18.4 Å². The molecular formula is C18H21N3O. The smallest absolute Gasteiger partial charge is 0.270 e. The van der Waals surface area contributed by atoms with Gasteiger partial charge in [0.15, 0.2) is 0 Å². The number of anilines is 1. The number of rotatable bonds is 8. The first-order valence-corrected chi connectivity index (χ1v) is 7.42. The van der Waals surface area contributed by atoms with Crippen molar-refractivity contribution in [1.82, 2.24) is 10.3 Å². The van der Waals surface area contributed by atoms with Crippen molar-refractivity contribution < 1.29 is 4.79 Å². The number of carbonyl (C=O) groups excluding carboxylic acids is 1. The summed E-state index contributed by atoms with van der Waals surface area (Å²) in [7, 11) is 0. The largest absolute Gasteiger partial charge is 0.385 e. The molecule has 2 N–H and O–H groups in total. The van der Waals surface area contributed by atoms with E-state index in [0.717, 1.165) is 25.1 Å². The van der Waals surface area contributed by atoms with Crippen molar-refractivity contribution in [2.24, 2.45) is 0 Å². The Balaban J connectivity index is 1.80. The molecule has 4 nitrogen and oxygen atoms in total. The molecule has 114 valence electrons. The quantitative estimate of drug-likeness (QED) is 0.581. The topological polar surface area (TPSA) is 54.0 Å². The highest BCUT2D eigenvalue weighted by Crippen LogP contribution is 2.09. The van der Waals surface area contributed by atoms with Crippen molar-refractivity contribution in [3.8, 4) is 0 Å². The molecule has 4 heteroatoms. The van der Waals surface area contributed by atoms with Gasteiger partial charge >= 0.3 is 0 Å². The minimum Gasteiger partial charge on any atom is -0.385 e. The highest BCUT2D eigenvalue weighted by Gasteiger charge is 2.06. The predicted molar refractivity (Wildman–Crippen MR) is 90.0 cm³/mol. The summed E-state index contributed by atoms with van der Waals surface area (Å²) >= 11 is 0. The number of aryl methyl sites for hydroxylation is 1. The summed E-state index contributed by atoms with van der Waals surface area (Å²) in [6, 6.07) is 14.0. The van der Waals surface area contributed by atoms with E-state index >= 15 is 0 Å². The number of carbonyl (C=O) groups is 1. The Hall–Kier alpha value is -2.62. The molecular weight excluding hydrogens is 274 g/mol. The fourth-order valence-electron chi connectivity index (χ4n) is 2.09. The average Bonchev–Trinajstić information content (AvgIpc) is 2.58. The molecule has 1 amide bonds. The first-order valence-electron chi connectivity index (χ1n) is 7.42. The average molecular weight is 295 g/mol. The summed E-state index contributed by atoms with van der Waals surface area (Å²) in [5.74, 6) is -0.187. The summed E-state index contributed by atoms with van der Waals surface area (Å²) in [5, 5.41) is 6.04. The number of nitrogens with zero attached hydrogens (tertiary/aromatic N) is 1. The van der Waals surface area contributed by atoms with Crippen molar-refractivity contribution in [3.63, 3.8) is 0 Å². The van der Waals surface area contributed by atoms with Crippen molar-refractivity contribution in [2.45, 2.75) is 12.8 Å². The van der Waals surface area contributed by atoms with E-state index < -0.39 is 0 Å². The fourth-order valence-corrected chi connectivity index (χ4v) is 2.09. The van der Waals surface area contributed by atoms with Gasteiger partial charge in [-0.3, -0.25) is 9.78 Å². The third kappa shape index (κ3) is 5.05. The molecule has 2 aromatic rings. The summed E-state index contributed by atoms with van der Waals surface area (Å²) in [6.07, 6.45) is 5.35. The Kier molecular flexibility index (Phi) is 6.18. The van der Waals surface area contributed by atoms with Gasteiger partial charge in [-0.1, -0.05) is 36.4 Å². The molecule has 0 atom stereocenters. The van der Waals surface area contributed by atoms with Crippen LogP contribution in [-0.2, 0) is 6.42 Å². The lowest BCUT2D eigenvalue weighted by Crippen LogP contribution is -2.24. The van der Waals surface area contributed by atoms with E-state index in [2.05, 4.69) is 46.5 Å². The molecule has 0 aliphatic rings. The van der Waals surface area contributed by atoms with Crippen LogP contribution in [0.15, 0.2) is 61.3 Å². The molecule has 0 fully saturated rings. The van der Waals surface area contributed by atoms with E-state index in [9.17, 15) is 4.79 Å². The number of hydrogen-bond donors (Lipinski definition) is 2. The third-order valence-electron chi connectivity index (χ3n) is 3.21. The van der Waals surface area contributed by atoms with Crippen LogP contribution in [0.5, 0.6) is 0 Å². The summed E-state index contributed by atoms with van der Waals surface area (Å²) in [6.45, 7) is 4.86. The van der Waals surface area contributed by atoms with E-state index in [0.29, 0.717) is 12.2 Å². The molecule has 22 heavy (non-hydrogen) atoms. The van der Waals surface area contributed by atoms with E-state index in [1.54, 1.807) is 18.3 Å².